The standard InChI is InChI=1S/C14H13FN2O3/c1-19-13-5-10(2-3-12(13)16)14(18)20-8-9-4-11(15)7-17-6-9/h2-7H,8,16H2,1H3. The molecule has 2 rings (SSSR count). The Bertz CT molecular complexity index is 632. The lowest BCUT2D eigenvalue weighted by molar-refractivity contribution is 0.0471. The van der Waals surface area contributed by atoms with Gasteiger partial charge in [-0.15, -0.1) is 0 Å². The van der Waals surface area contributed by atoms with Crippen LogP contribution in [0.5, 0.6) is 5.75 Å². The average Bonchev–Trinajstić information content (AvgIpc) is 2.45. The van der Waals surface area contributed by atoms with Crippen LogP contribution < -0.4 is 10.5 Å². The highest BCUT2D eigenvalue weighted by Crippen LogP contribution is 2.22. The zero-order valence-electron chi connectivity index (χ0n) is 10.8. The number of benzene rings is 1. The summed E-state index contributed by atoms with van der Waals surface area (Å²) >= 11 is 0. The molecule has 1 aromatic carbocycles. The van der Waals surface area contributed by atoms with E-state index in [2.05, 4.69) is 4.98 Å². The summed E-state index contributed by atoms with van der Waals surface area (Å²) in [5, 5.41) is 0. The first kappa shape index (κ1) is 13.8. The van der Waals surface area contributed by atoms with E-state index in [0.717, 1.165) is 6.20 Å². The summed E-state index contributed by atoms with van der Waals surface area (Å²) in [7, 11) is 1.46. The Kier molecular flexibility index (Phi) is 4.14. The van der Waals surface area contributed by atoms with Crippen molar-refractivity contribution in [2.75, 3.05) is 12.8 Å². The number of esters is 1. The number of halogens is 1. The monoisotopic (exact) mass is 276 g/mol. The fourth-order valence-corrected chi connectivity index (χ4v) is 1.61. The van der Waals surface area contributed by atoms with Crippen LogP contribution in [0.3, 0.4) is 0 Å². The van der Waals surface area contributed by atoms with Crippen molar-refractivity contribution in [1.29, 1.82) is 0 Å². The molecule has 2 aromatic rings. The largest absolute Gasteiger partial charge is 0.495 e. The summed E-state index contributed by atoms with van der Waals surface area (Å²) in [6.45, 7) is -0.0592. The molecule has 1 aromatic heterocycles. The van der Waals surface area contributed by atoms with Gasteiger partial charge in [-0.3, -0.25) is 4.98 Å². The highest BCUT2D eigenvalue weighted by atomic mass is 19.1. The highest BCUT2D eigenvalue weighted by Gasteiger charge is 2.10. The normalized spacial score (nSPS) is 10.1. The van der Waals surface area contributed by atoms with Crippen LogP contribution in [0, 0.1) is 5.82 Å². The minimum atomic E-state index is -0.549. The minimum Gasteiger partial charge on any atom is -0.495 e. The SMILES string of the molecule is COc1cc(C(=O)OCc2cncc(F)c2)ccc1N. The molecule has 20 heavy (non-hydrogen) atoms. The molecular formula is C14H13FN2O3. The quantitative estimate of drug-likeness (QED) is 0.684. The van der Waals surface area contributed by atoms with Gasteiger partial charge in [-0.05, 0) is 24.3 Å². The molecule has 0 aliphatic heterocycles. The Balaban J connectivity index is 2.05. The van der Waals surface area contributed by atoms with E-state index in [-0.39, 0.29) is 6.61 Å². The van der Waals surface area contributed by atoms with Crippen LogP contribution in [0.1, 0.15) is 15.9 Å². The van der Waals surface area contributed by atoms with Crippen LogP contribution in [0.25, 0.3) is 0 Å². The molecule has 0 bridgehead atoms. The molecule has 0 saturated heterocycles. The molecule has 0 unspecified atom stereocenters. The zero-order valence-corrected chi connectivity index (χ0v) is 10.8. The molecule has 1 heterocycles. The molecule has 6 heteroatoms. The van der Waals surface area contributed by atoms with Gasteiger partial charge in [-0.2, -0.15) is 0 Å². The van der Waals surface area contributed by atoms with E-state index in [1.165, 1.54) is 31.5 Å². The third kappa shape index (κ3) is 3.23. The number of carbonyl (C=O) groups is 1. The molecule has 0 atom stereocenters. The van der Waals surface area contributed by atoms with Crippen molar-refractivity contribution in [2.45, 2.75) is 6.61 Å². The second-order valence-electron chi connectivity index (χ2n) is 4.04. The number of methoxy groups -OCH3 is 1. The predicted octanol–water partition coefficient (Wildman–Crippen LogP) is 2.17. The van der Waals surface area contributed by atoms with Gasteiger partial charge in [0.05, 0.1) is 24.6 Å². The maximum atomic E-state index is 12.9. The fourth-order valence-electron chi connectivity index (χ4n) is 1.61. The van der Waals surface area contributed by atoms with Gasteiger partial charge in [0.2, 0.25) is 0 Å². The molecule has 104 valence electrons. The number of hydrogen-bond acceptors (Lipinski definition) is 5. The molecule has 0 amide bonds. The summed E-state index contributed by atoms with van der Waals surface area (Å²) in [6.07, 6.45) is 2.51. The van der Waals surface area contributed by atoms with Gasteiger partial charge in [-0.1, -0.05) is 0 Å². The Hall–Kier alpha value is -2.63. The molecule has 2 N–H and O–H groups in total. The van der Waals surface area contributed by atoms with Gasteiger partial charge in [0.15, 0.2) is 0 Å². The lowest BCUT2D eigenvalue weighted by Crippen LogP contribution is -2.06. The number of carbonyl (C=O) groups excluding carboxylic acids is 1. The van der Waals surface area contributed by atoms with Gasteiger partial charge in [0.25, 0.3) is 0 Å². The predicted molar refractivity (Wildman–Crippen MR) is 70.7 cm³/mol. The van der Waals surface area contributed by atoms with Crippen LogP contribution in [0.15, 0.2) is 36.7 Å². The molecular weight excluding hydrogens is 263 g/mol. The van der Waals surface area contributed by atoms with Crippen molar-refractivity contribution in [3.05, 3.63) is 53.6 Å². The molecule has 0 radical (unpaired) electrons. The summed E-state index contributed by atoms with van der Waals surface area (Å²) in [6, 6.07) is 5.83. The second kappa shape index (κ2) is 6.01. The summed E-state index contributed by atoms with van der Waals surface area (Å²) in [5.41, 5.74) is 6.86. The number of hydrogen-bond donors (Lipinski definition) is 1. The fraction of sp³-hybridized carbons (Fsp3) is 0.143. The van der Waals surface area contributed by atoms with Gasteiger partial charge in [0.1, 0.15) is 18.2 Å². The number of nitrogens with zero attached hydrogens (tertiary/aromatic N) is 1. The van der Waals surface area contributed by atoms with E-state index in [0.29, 0.717) is 22.6 Å². The summed E-state index contributed by atoms with van der Waals surface area (Å²) in [5.74, 6) is -0.632. The number of pyridine rings is 1. The molecule has 0 spiro atoms. The van der Waals surface area contributed by atoms with E-state index in [9.17, 15) is 9.18 Å². The summed E-state index contributed by atoms with van der Waals surface area (Å²) in [4.78, 5) is 15.5. The van der Waals surface area contributed by atoms with Crippen molar-refractivity contribution in [1.82, 2.24) is 4.98 Å². The third-order valence-electron chi connectivity index (χ3n) is 2.60. The van der Waals surface area contributed by atoms with E-state index in [1.54, 1.807) is 6.07 Å². The number of rotatable bonds is 4. The van der Waals surface area contributed by atoms with Crippen molar-refractivity contribution in [3.63, 3.8) is 0 Å². The number of ether oxygens (including phenoxy) is 2. The summed E-state index contributed by atoms with van der Waals surface area (Å²) < 4.78 is 23.0. The Morgan fingerprint density at radius 2 is 2.15 bits per heavy atom. The Morgan fingerprint density at radius 3 is 2.85 bits per heavy atom. The maximum absolute atomic E-state index is 12.9. The third-order valence-corrected chi connectivity index (χ3v) is 2.60. The first-order valence-electron chi connectivity index (χ1n) is 5.80. The van der Waals surface area contributed by atoms with E-state index in [1.807, 2.05) is 0 Å². The lowest BCUT2D eigenvalue weighted by Gasteiger charge is -2.08. The van der Waals surface area contributed by atoms with Crippen molar-refractivity contribution < 1.29 is 18.7 Å². The second-order valence-corrected chi connectivity index (χ2v) is 4.04. The topological polar surface area (TPSA) is 74.4 Å². The van der Waals surface area contributed by atoms with E-state index < -0.39 is 11.8 Å². The molecule has 5 nitrogen and oxygen atoms in total. The van der Waals surface area contributed by atoms with Gasteiger partial charge < -0.3 is 15.2 Å². The molecule has 0 fully saturated rings. The highest BCUT2D eigenvalue weighted by molar-refractivity contribution is 5.90. The van der Waals surface area contributed by atoms with Crippen molar-refractivity contribution in [3.8, 4) is 5.75 Å². The van der Waals surface area contributed by atoms with E-state index in [4.69, 9.17) is 15.2 Å². The lowest BCUT2D eigenvalue weighted by atomic mass is 10.2. The van der Waals surface area contributed by atoms with Crippen LogP contribution in [0.2, 0.25) is 0 Å². The number of anilines is 1. The van der Waals surface area contributed by atoms with Crippen LogP contribution in [0.4, 0.5) is 10.1 Å². The van der Waals surface area contributed by atoms with Gasteiger partial charge in [0, 0.05) is 11.8 Å². The zero-order chi connectivity index (χ0) is 14.5. The first-order valence-corrected chi connectivity index (χ1v) is 5.80. The average molecular weight is 276 g/mol. The smallest absolute Gasteiger partial charge is 0.338 e. The Morgan fingerprint density at radius 1 is 1.35 bits per heavy atom. The van der Waals surface area contributed by atoms with E-state index >= 15 is 0 Å². The molecule has 0 saturated carbocycles. The minimum absolute atomic E-state index is 0.0592. The van der Waals surface area contributed by atoms with Crippen LogP contribution in [-0.4, -0.2) is 18.1 Å². The van der Waals surface area contributed by atoms with Crippen molar-refractivity contribution in [2.24, 2.45) is 0 Å². The van der Waals surface area contributed by atoms with Crippen molar-refractivity contribution >= 4 is 11.7 Å². The Labute approximate surface area is 115 Å². The number of aromatic nitrogens is 1. The van der Waals surface area contributed by atoms with Crippen LogP contribution >= 0.6 is 0 Å². The van der Waals surface area contributed by atoms with Gasteiger partial charge in [-0.25, -0.2) is 9.18 Å². The number of nitrogens with two attached hydrogens (primary N) is 1. The molecule has 0 aliphatic carbocycles. The molecule has 0 aliphatic rings. The van der Waals surface area contributed by atoms with Crippen LogP contribution in [-0.2, 0) is 11.3 Å². The number of nitrogen functional groups attached to an aromatic ring is 1. The van der Waals surface area contributed by atoms with Gasteiger partial charge >= 0.3 is 5.97 Å². The maximum Gasteiger partial charge on any atom is 0.338 e. The first-order chi connectivity index (χ1) is 9.60.